The quantitative estimate of drug-likeness (QED) is 0.728. The number of hydrogen-bond acceptors (Lipinski definition) is 2. The lowest BCUT2D eigenvalue weighted by Gasteiger charge is -2.17. The molecule has 1 N–H and O–H groups in total. The van der Waals surface area contributed by atoms with E-state index in [1.54, 1.807) is 0 Å². The fourth-order valence-electron chi connectivity index (χ4n) is 1.90. The van der Waals surface area contributed by atoms with Gasteiger partial charge in [0.25, 0.3) is 0 Å². The fourth-order valence-corrected chi connectivity index (χ4v) is 2.22. The van der Waals surface area contributed by atoms with Crippen LogP contribution in [-0.2, 0) is 11.2 Å². The lowest BCUT2D eigenvalue weighted by Crippen LogP contribution is -2.29. The summed E-state index contributed by atoms with van der Waals surface area (Å²) in [6.45, 7) is 5.84. The second-order valence-electron chi connectivity index (χ2n) is 4.69. The molecule has 0 aromatic heterocycles. The molecule has 18 heavy (non-hydrogen) atoms. The zero-order valence-corrected chi connectivity index (χ0v) is 12.4. The summed E-state index contributed by atoms with van der Waals surface area (Å²) < 4.78 is 5.53. The molecule has 1 aromatic carbocycles. The zero-order chi connectivity index (χ0) is 13.4. The van der Waals surface area contributed by atoms with E-state index < -0.39 is 0 Å². The number of nitrogens with one attached hydrogen (secondary N) is 1. The summed E-state index contributed by atoms with van der Waals surface area (Å²) in [4.78, 5) is 0. The highest BCUT2D eigenvalue weighted by molar-refractivity contribution is 6.31. The third kappa shape index (κ3) is 5.38. The summed E-state index contributed by atoms with van der Waals surface area (Å²) in [7, 11) is 1.99. The van der Waals surface area contributed by atoms with Crippen LogP contribution < -0.4 is 5.32 Å². The number of hydrogen-bond donors (Lipinski definition) is 1. The number of likely N-dealkylation sites (N-methyl/N-ethyl adjacent to an activating group) is 1. The van der Waals surface area contributed by atoms with Gasteiger partial charge >= 0.3 is 0 Å². The Morgan fingerprint density at radius 1 is 1.33 bits per heavy atom. The molecule has 0 radical (unpaired) electrons. The van der Waals surface area contributed by atoms with Crippen molar-refractivity contribution >= 4 is 11.6 Å². The van der Waals surface area contributed by atoms with E-state index >= 15 is 0 Å². The van der Waals surface area contributed by atoms with E-state index in [2.05, 4.69) is 31.3 Å². The van der Waals surface area contributed by atoms with Gasteiger partial charge in [0.1, 0.15) is 0 Å². The lowest BCUT2D eigenvalue weighted by atomic mass is 10.0. The molecule has 0 aliphatic carbocycles. The van der Waals surface area contributed by atoms with Crippen molar-refractivity contribution < 1.29 is 4.74 Å². The van der Waals surface area contributed by atoms with Crippen molar-refractivity contribution in [3.05, 3.63) is 34.3 Å². The van der Waals surface area contributed by atoms with E-state index in [9.17, 15) is 0 Å². The fraction of sp³-hybridized carbons (Fsp3) is 0.600. The van der Waals surface area contributed by atoms with Gasteiger partial charge < -0.3 is 10.1 Å². The number of benzene rings is 1. The van der Waals surface area contributed by atoms with E-state index in [-0.39, 0.29) is 0 Å². The Labute approximate surface area is 116 Å². The van der Waals surface area contributed by atoms with Gasteiger partial charge in [-0.2, -0.15) is 0 Å². The van der Waals surface area contributed by atoms with Crippen LogP contribution in [0.5, 0.6) is 0 Å². The Morgan fingerprint density at radius 2 is 2.11 bits per heavy atom. The van der Waals surface area contributed by atoms with Gasteiger partial charge in [-0.25, -0.2) is 0 Å². The molecule has 102 valence electrons. The van der Waals surface area contributed by atoms with Gasteiger partial charge in [0.05, 0.1) is 0 Å². The molecule has 0 saturated heterocycles. The molecule has 0 spiro atoms. The molecule has 1 atom stereocenters. The van der Waals surface area contributed by atoms with E-state index in [4.69, 9.17) is 16.3 Å². The SMILES string of the molecule is CCCOCCC(Cc1ccc(C)cc1Cl)NC. The van der Waals surface area contributed by atoms with E-state index in [1.165, 1.54) is 11.1 Å². The number of rotatable bonds is 8. The smallest absolute Gasteiger partial charge is 0.0480 e. The third-order valence-electron chi connectivity index (χ3n) is 3.04. The highest BCUT2D eigenvalue weighted by atomic mass is 35.5. The largest absolute Gasteiger partial charge is 0.381 e. The van der Waals surface area contributed by atoms with Crippen LogP contribution in [0, 0.1) is 6.92 Å². The van der Waals surface area contributed by atoms with Crippen molar-refractivity contribution in [3.63, 3.8) is 0 Å². The van der Waals surface area contributed by atoms with Gasteiger partial charge in [-0.05, 0) is 50.4 Å². The van der Waals surface area contributed by atoms with Gasteiger partial charge in [-0.15, -0.1) is 0 Å². The normalized spacial score (nSPS) is 12.7. The Morgan fingerprint density at radius 3 is 2.72 bits per heavy atom. The average molecular weight is 270 g/mol. The third-order valence-corrected chi connectivity index (χ3v) is 3.39. The first-order valence-corrected chi connectivity index (χ1v) is 7.05. The first-order valence-electron chi connectivity index (χ1n) is 6.67. The summed E-state index contributed by atoms with van der Waals surface area (Å²) in [5, 5.41) is 4.20. The second kappa shape index (κ2) is 8.52. The van der Waals surface area contributed by atoms with Crippen molar-refractivity contribution in [1.82, 2.24) is 5.32 Å². The van der Waals surface area contributed by atoms with Gasteiger partial charge in [-0.3, -0.25) is 0 Å². The van der Waals surface area contributed by atoms with Crippen LogP contribution in [0.4, 0.5) is 0 Å². The predicted octanol–water partition coefficient (Wildman–Crippen LogP) is 3.60. The standard InChI is InChI=1S/C15H24ClNO/c1-4-8-18-9-7-14(17-3)11-13-6-5-12(2)10-15(13)16/h5-6,10,14,17H,4,7-9,11H2,1-3H3. The summed E-state index contributed by atoms with van der Waals surface area (Å²) in [5.74, 6) is 0. The summed E-state index contributed by atoms with van der Waals surface area (Å²) in [6.07, 6.45) is 3.04. The first-order chi connectivity index (χ1) is 8.67. The monoisotopic (exact) mass is 269 g/mol. The molecule has 2 nitrogen and oxygen atoms in total. The van der Waals surface area contributed by atoms with Crippen LogP contribution in [-0.4, -0.2) is 26.3 Å². The molecule has 1 unspecified atom stereocenters. The highest BCUT2D eigenvalue weighted by Crippen LogP contribution is 2.19. The Bertz CT molecular complexity index is 354. The molecule has 0 amide bonds. The average Bonchev–Trinajstić information content (AvgIpc) is 2.35. The molecular weight excluding hydrogens is 246 g/mol. The highest BCUT2D eigenvalue weighted by Gasteiger charge is 2.09. The topological polar surface area (TPSA) is 21.3 Å². The number of aryl methyl sites for hydroxylation is 1. The molecule has 0 fully saturated rings. The summed E-state index contributed by atoms with van der Waals surface area (Å²) in [5.41, 5.74) is 2.41. The Hall–Kier alpha value is -0.570. The molecule has 3 heteroatoms. The molecule has 0 aliphatic rings. The van der Waals surface area contributed by atoms with Crippen molar-refractivity contribution in [3.8, 4) is 0 Å². The van der Waals surface area contributed by atoms with Crippen LogP contribution in [0.1, 0.15) is 30.9 Å². The minimum Gasteiger partial charge on any atom is -0.381 e. The van der Waals surface area contributed by atoms with Gasteiger partial charge in [0.15, 0.2) is 0 Å². The minimum absolute atomic E-state index is 0.419. The van der Waals surface area contributed by atoms with Crippen molar-refractivity contribution in [2.24, 2.45) is 0 Å². The molecule has 1 rings (SSSR count). The molecule has 1 aromatic rings. The second-order valence-corrected chi connectivity index (χ2v) is 5.09. The number of halogens is 1. The molecular formula is C15H24ClNO. The zero-order valence-electron chi connectivity index (χ0n) is 11.6. The minimum atomic E-state index is 0.419. The van der Waals surface area contributed by atoms with Crippen LogP contribution in [0.15, 0.2) is 18.2 Å². The van der Waals surface area contributed by atoms with Gasteiger partial charge in [0.2, 0.25) is 0 Å². The van der Waals surface area contributed by atoms with E-state index in [1.807, 2.05) is 13.1 Å². The molecule has 0 saturated carbocycles. The molecule has 0 bridgehead atoms. The molecule has 0 aliphatic heterocycles. The van der Waals surface area contributed by atoms with Crippen LogP contribution in [0.2, 0.25) is 5.02 Å². The first kappa shape index (κ1) is 15.5. The van der Waals surface area contributed by atoms with Crippen molar-refractivity contribution in [2.75, 3.05) is 20.3 Å². The Kier molecular flexibility index (Phi) is 7.33. The maximum Gasteiger partial charge on any atom is 0.0480 e. The van der Waals surface area contributed by atoms with Crippen molar-refractivity contribution in [2.45, 2.75) is 39.2 Å². The Balaban J connectivity index is 2.46. The van der Waals surface area contributed by atoms with Gasteiger partial charge in [-0.1, -0.05) is 30.7 Å². The summed E-state index contributed by atoms with van der Waals surface area (Å²) in [6, 6.07) is 6.68. The number of ether oxygens (including phenoxy) is 1. The van der Waals surface area contributed by atoms with Crippen LogP contribution >= 0.6 is 11.6 Å². The van der Waals surface area contributed by atoms with Crippen LogP contribution in [0.25, 0.3) is 0 Å². The van der Waals surface area contributed by atoms with Crippen molar-refractivity contribution in [1.29, 1.82) is 0 Å². The maximum absolute atomic E-state index is 6.26. The van der Waals surface area contributed by atoms with E-state index in [0.717, 1.165) is 37.5 Å². The lowest BCUT2D eigenvalue weighted by molar-refractivity contribution is 0.125. The maximum atomic E-state index is 6.26. The molecule has 0 heterocycles. The predicted molar refractivity (Wildman–Crippen MR) is 78.5 cm³/mol. The van der Waals surface area contributed by atoms with Crippen LogP contribution in [0.3, 0.4) is 0 Å². The summed E-state index contributed by atoms with van der Waals surface area (Å²) >= 11 is 6.26. The van der Waals surface area contributed by atoms with E-state index in [0.29, 0.717) is 6.04 Å². The van der Waals surface area contributed by atoms with Gasteiger partial charge in [0, 0.05) is 24.3 Å².